The summed E-state index contributed by atoms with van der Waals surface area (Å²) in [5.74, 6) is 0.577. The summed E-state index contributed by atoms with van der Waals surface area (Å²) in [5.41, 5.74) is 0. The lowest BCUT2D eigenvalue weighted by Gasteiger charge is -2.26. The maximum absolute atomic E-state index is 12.0. The molecule has 5 nitrogen and oxygen atoms in total. The molecule has 25 heavy (non-hydrogen) atoms. The normalized spacial score (nSPS) is 14.3. The molecule has 1 heterocycles. The minimum Gasteiger partial charge on any atom is -0.484 e. The molecule has 0 unspecified atom stereocenters. The van der Waals surface area contributed by atoms with Gasteiger partial charge in [0.05, 0.1) is 0 Å². The van der Waals surface area contributed by atoms with Crippen molar-refractivity contribution in [1.82, 2.24) is 10.2 Å². The van der Waals surface area contributed by atoms with E-state index in [2.05, 4.69) is 5.32 Å². The minimum absolute atomic E-state index is 0.0454. The molecule has 0 radical (unpaired) electrons. The highest BCUT2D eigenvalue weighted by Crippen LogP contribution is 2.20. The number of nitrogens with zero attached hydrogens (tertiary/aromatic N) is 1. The quantitative estimate of drug-likeness (QED) is 0.880. The summed E-state index contributed by atoms with van der Waals surface area (Å²) in [6.45, 7) is 2.00. The molecule has 0 saturated carbocycles. The maximum atomic E-state index is 12.0. The van der Waals surface area contributed by atoms with E-state index in [0.29, 0.717) is 18.7 Å². The minimum atomic E-state index is -0.209. The van der Waals surface area contributed by atoms with Crippen LogP contribution >= 0.6 is 0 Å². The van der Waals surface area contributed by atoms with Gasteiger partial charge in [-0.3, -0.25) is 9.59 Å². The van der Waals surface area contributed by atoms with Gasteiger partial charge in [-0.05, 0) is 42.2 Å². The van der Waals surface area contributed by atoms with Crippen LogP contribution in [0.5, 0.6) is 5.75 Å². The number of carbonyl (C=O) groups excluding carboxylic acids is 2. The zero-order chi connectivity index (χ0) is 17.5. The predicted molar refractivity (Wildman–Crippen MR) is 97.5 cm³/mol. The van der Waals surface area contributed by atoms with Crippen LogP contribution in [-0.4, -0.2) is 43.0 Å². The van der Waals surface area contributed by atoms with Crippen LogP contribution in [-0.2, 0) is 9.59 Å². The molecule has 1 fully saturated rings. The third-order valence-electron chi connectivity index (χ3n) is 4.46. The van der Waals surface area contributed by atoms with Crippen molar-refractivity contribution in [3.63, 3.8) is 0 Å². The van der Waals surface area contributed by atoms with Crippen LogP contribution in [0.15, 0.2) is 42.5 Å². The average Bonchev–Trinajstić information content (AvgIpc) is 2.67. The fourth-order valence-corrected chi connectivity index (χ4v) is 3.07. The molecule has 2 aromatic rings. The summed E-state index contributed by atoms with van der Waals surface area (Å²) in [6.07, 6.45) is 3.71. The SMILES string of the molecule is O=C(COc1ccc2ccccc2c1)NCCC(=O)N1CCCCC1. The van der Waals surface area contributed by atoms with Crippen LogP contribution in [0.3, 0.4) is 0 Å². The molecule has 0 bridgehead atoms. The second kappa shape index (κ2) is 8.51. The number of amides is 2. The molecule has 0 aromatic heterocycles. The Balaban J connectivity index is 1.39. The fraction of sp³-hybridized carbons (Fsp3) is 0.400. The first-order chi connectivity index (χ1) is 12.2. The van der Waals surface area contributed by atoms with E-state index in [-0.39, 0.29) is 18.4 Å². The van der Waals surface area contributed by atoms with Crippen molar-refractivity contribution >= 4 is 22.6 Å². The zero-order valence-electron chi connectivity index (χ0n) is 14.4. The Hall–Kier alpha value is -2.56. The highest BCUT2D eigenvalue weighted by molar-refractivity contribution is 5.84. The summed E-state index contributed by atoms with van der Waals surface area (Å²) < 4.78 is 5.54. The summed E-state index contributed by atoms with van der Waals surface area (Å²) in [7, 11) is 0. The number of piperidine rings is 1. The zero-order valence-corrected chi connectivity index (χ0v) is 14.4. The number of likely N-dealkylation sites (tertiary alicyclic amines) is 1. The Morgan fingerprint density at radius 3 is 2.56 bits per heavy atom. The summed E-state index contributed by atoms with van der Waals surface area (Å²) in [5, 5.41) is 4.96. The molecule has 0 spiro atoms. The van der Waals surface area contributed by atoms with E-state index >= 15 is 0 Å². The van der Waals surface area contributed by atoms with Crippen molar-refractivity contribution < 1.29 is 14.3 Å². The lowest BCUT2D eigenvalue weighted by molar-refractivity contribution is -0.132. The number of carbonyl (C=O) groups is 2. The molecular formula is C20H24N2O3. The summed E-state index contributed by atoms with van der Waals surface area (Å²) in [6, 6.07) is 13.7. The van der Waals surface area contributed by atoms with Crippen LogP contribution in [0.2, 0.25) is 0 Å². The van der Waals surface area contributed by atoms with E-state index < -0.39 is 0 Å². The van der Waals surface area contributed by atoms with Crippen LogP contribution in [0.25, 0.3) is 10.8 Å². The van der Waals surface area contributed by atoms with Crippen molar-refractivity contribution in [3.8, 4) is 5.75 Å². The van der Waals surface area contributed by atoms with Gasteiger partial charge in [0, 0.05) is 26.1 Å². The smallest absolute Gasteiger partial charge is 0.257 e. The first kappa shape index (κ1) is 17.3. The number of rotatable bonds is 6. The van der Waals surface area contributed by atoms with Crippen molar-refractivity contribution in [3.05, 3.63) is 42.5 Å². The van der Waals surface area contributed by atoms with E-state index in [4.69, 9.17) is 4.74 Å². The van der Waals surface area contributed by atoms with Gasteiger partial charge in [0.1, 0.15) is 5.75 Å². The Morgan fingerprint density at radius 1 is 1.00 bits per heavy atom. The Labute approximate surface area is 148 Å². The average molecular weight is 340 g/mol. The molecule has 132 valence electrons. The number of benzene rings is 2. The van der Waals surface area contributed by atoms with E-state index in [1.165, 1.54) is 6.42 Å². The molecule has 5 heteroatoms. The Kier molecular flexibility index (Phi) is 5.88. The van der Waals surface area contributed by atoms with E-state index in [1.807, 2.05) is 47.4 Å². The molecule has 2 aromatic carbocycles. The van der Waals surface area contributed by atoms with Gasteiger partial charge in [-0.15, -0.1) is 0 Å². The Morgan fingerprint density at radius 2 is 1.76 bits per heavy atom. The fourth-order valence-electron chi connectivity index (χ4n) is 3.07. The topological polar surface area (TPSA) is 58.6 Å². The molecule has 2 amide bonds. The van der Waals surface area contributed by atoms with Gasteiger partial charge >= 0.3 is 0 Å². The molecule has 1 N–H and O–H groups in total. The van der Waals surface area contributed by atoms with Crippen LogP contribution in [0.4, 0.5) is 0 Å². The highest BCUT2D eigenvalue weighted by Gasteiger charge is 2.16. The molecule has 3 rings (SSSR count). The van der Waals surface area contributed by atoms with Gasteiger partial charge in [-0.1, -0.05) is 30.3 Å². The predicted octanol–water partition coefficient (Wildman–Crippen LogP) is 2.74. The standard InChI is InChI=1S/C20H24N2O3/c23-19(21-11-10-20(24)22-12-4-1-5-13-22)15-25-18-9-8-16-6-2-3-7-17(16)14-18/h2-3,6-9,14H,1,4-5,10-13,15H2,(H,21,23). The van der Waals surface area contributed by atoms with Gasteiger partial charge < -0.3 is 15.0 Å². The third kappa shape index (κ3) is 4.95. The van der Waals surface area contributed by atoms with Crippen LogP contribution in [0.1, 0.15) is 25.7 Å². The number of hydrogen-bond acceptors (Lipinski definition) is 3. The number of ether oxygens (including phenoxy) is 1. The molecular weight excluding hydrogens is 316 g/mol. The van der Waals surface area contributed by atoms with Crippen molar-refractivity contribution in [2.75, 3.05) is 26.2 Å². The van der Waals surface area contributed by atoms with Crippen molar-refractivity contribution in [2.45, 2.75) is 25.7 Å². The second-order valence-corrected chi connectivity index (χ2v) is 6.34. The monoisotopic (exact) mass is 340 g/mol. The molecule has 0 atom stereocenters. The molecule has 1 saturated heterocycles. The first-order valence-electron chi connectivity index (χ1n) is 8.88. The first-order valence-corrected chi connectivity index (χ1v) is 8.88. The van der Waals surface area contributed by atoms with Gasteiger partial charge in [-0.25, -0.2) is 0 Å². The van der Waals surface area contributed by atoms with E-state index in [9.17, 15) is 9.59 Å². The van der Waals surface area contributed by atoms with Crippen molar-refractivity contribution in [2.24, 2.45) is 0 Å². The largest absolute Gasteiger partial charge is 0.484 e. The summed E-state index contributed by atoms with van der Waals surface area (Å²) in [4.78, 5) is 25.8. The highest BCUT2D eigenvalue weighted by atomic mass is 16.5. The van der Waals surface area contributed by atoms with Gasteiger partial charge in [0.15, 0.2) is 6.61 Å². The number of fused-ring (bicyclic) bond motifs is 1. The van der Waals surface area contributed by atoms with Gasteiger partial charge in [0.2, 0.25) is 5.91 Å². The molecule has 1 aliphatic heterocycles. The Bertz CT molecular complexity index is 739. The van der Waals surface area contributed by atoms with Gasteiger partial charge in [-0.2, -0.15) is 0 Å². The number of hydrogen-bond donors (Lipinski definition) is 1. The maximum Gasteiger partial charge on any atom is 0.257 e. The third-order valence-corrected chi connectivity index (χ3v) is 4.46. The lowest BCUT2D eigenvalue weighted by atomic mass is 10.1. The van der Waals surface area contributed by atoms with Gasteiger partial charge in [0.25, 0.3) is 5.91 Å². The van der Waals surface area contributed by atoms with Crippen LogP contribution in [0, 0.1) is 0 Å². The van der Waals surface area contributed by atoms with E-state index in [0.717, 1.165) is 36.7 Å². The molecule has 1 aliphatic rings. The van der Waals surface area contributed by atoms with Crippen molar-refractivity contribution in [1.29, 1.82) is 0 Å². The lowest BCUT2D eigenvalue weighted by Crippen LogP contribution is -2.38. The number of nitrogens with one attached hydrogen (secondary N) is 1. The van der Waals surface area contributed by atoms with Crippen LogP contribution < -0.4 is 10.1 Å². The molecule has 0 aliphatic carbocycles. The second-order valence-electron chi connectivity index (χ2n) is 6.34. The van der Waals surface area contributed by atoms with E-state index in [1.54, 1.807) is 0 Å². The summed E-state index contributed by atoms with van der Waals surface area (Å²) >= 11 is 0.